The van der Waals surface area contributed by atoms with Crippen LogP contribution in [0.5, 0.6) is 0 Å². The minimum Gasteiger partial charge on any atom is -0.462 e. The van der Waals surface area contributed by atoms with E-state index in [4.69, 9.17) is 4.74 Å². The van der Waals surface area contributed by atoms with Crippen LogP contribution in [0.2, 0.25) is 0 Å². The monoisotopic (exact) mass is 470 g/mol. The minimum atomic E-state index is -0.294. The second-order valence-corrected chi connectivity index (χ2v) is 5.46. The Hall–Kier alpha value is -2.03. The quantitative estimate of drug-likeness (QED) is 0.270. The predicted molar refractivity (Wildman–Crippen MR) is 115 cm³/mol. The van der Waals surface area contributed by atoms with Gasteiger partial charge in [-0.3, -0.25) is 0 Å². The van der Waals surface area contributed by atoms with Gasteiger partial charge in [0.2, 0.25) is 0 Å². The highest BCUT2D eigenvalue weighted by Crippen LogP contribution is 2.07. The predicted octanol–water partition coefficient (Wildman–Crippen LogP) is 3.04. The number of nitrogens with one attached hydrogen (secondary N) is 2. The number of rotatable bonds is 8. The number of carbonyl (C=O) groups is 1. The number of esters is 1. The molecule has 26 heavy (non-hydrogen) atoms. The topological polar surface area (TPSA) is 67.7 Å². The summed E-state index contributed by atoms with van der Waals surface area (Å²) in [6.07, 6.45) is 4.08. The fourth-order valence-corrected chi connectivity index (χ4v) is 2.30. The average Bonchev–Trinajstić information content (AvgIpc) is 3.14. The first-order valence-corrected chi connectivity index (χ1v) is 8.62. The Labute approximate surface area is 172 Å². The summed E-state index contributed by atoms with van der Waals surface area (Å²) in [4.78, 5) is 16.2. The number of halogens is 1. The van der Waals surface area contributed by atoms with Crippen LogP contribution in [0, 0.1) is 0 Å². The van der Waals surface area contributed by atoms with Crippen molar-refractivity contribution in [1.29, 1.82) is 0 Å². The summed E-state index contributed by atoms with van der Waals surface area (Å²) in [5.74, 6) is 0.488. The second kappa shape index (κ2) is 12.3. The van der Waals surface area contributed by atoms with Crippen molar-refractivity contribution in [2.24, 2.45) is 4.99 Å². The lowest BCUT2D eigenvalue weighted by atomic mass is 10.1. The highest BCUT2D eigenvalue weighted by molar-refractivity contribution is 14.0. The van der Waals surface area contributed by atoms with Crippen LogP contribution >= 0.6 is 24.0 Å². The third kappa shape index (κ3) is 7.47. The maximum absolute atomic E-state index is 11.7. The SMILES string of the molecule is CCNC(=NCc1ccc(C(=O)OCC)cc1)NCCn1cccc1.I. The van der Waals surface area contributed by atoms with Crippen molar-refractivity contribution in [3.05, 3.63) is 59.9 Å². The van der Waals surface area contributed by atoms with Crippen molar-refractivity contribution < 1.29 is 9.53 Å². The van der Waals surface area contributed by atoms with Crippen molar-refractivity contribution in [2.45, 2.75) is 26.9 Å². The van der Waals surface area contributed by atoms with E-state index in [0.717, 1.165) is 31.2 Å². The van der Waals surface area contributed by atoms with E-state index in [2.05, 4.69) is 20.2 Å². The van der Waals surface area contributed by atoms with Crippen LogP contribution < -0.4 is 10.6 Å². The summed E-state index contributed by atoms with van der Waals surface area (Å²) in [5.41, 5.74) is 1.60. The molecule has 0 saturated carbocycles. The number of ether oxygens (including phenoxy) is 1. The lowest BCUT2D eigenvalue weighted by Gasteiger charge is -2.12. The highest BCUT2D eigenvalue weighted by atomic mass is 127. The molecule has 0 aliphatic heterocycles. The number of hydrogen-bond acceptors (Lipinski definition) is 3. The number of hydrogen-bond donors (Lipinski definition) is 2. The molecule has 1 aromatic carbocycles. The number of guanidine groups is 1. The lowest BCUT2D eigenvalue weighted by molar-refractivity contribution is 0.0526. The first-order chi connectivity index (χ1) is 12.2. The van der Waals surface area contributed by atoms with Crippen LogP contribution in [0.1, 0.15) is 29.8 Å². The first-order valence-electron chi connectivity index (χ1n) is 8.62. The second-order valence-electron chi connectivity index (χ2n) is 5.46. The molecule has 0 unspecified atom stereocenters. The summed E-state index contributed by atoms with van der Waals surface area (Å²) in [5, 5.41) is 6.55. The smallest absolute Gasteiger partial charge is 0.338 e. The first kappa shape index (κ1) is 22.0. The zero-order chi connectivity index (χ0) is 17.9. The summed E-state index contributed by atoms with van der Waals surface area (Å²) in [7, 11) is 0. The molecule has 0 saturated heterocycles. The van der Waals surface area contributed by atoms with Crippen molar-refractivity contribution in [1.82, 2.24) is 15.2 Å². The van der Waals surface area contributed by atoms with E-state index in [1.807, 2.05) is 43.6 Å². The Bertz CT molecular complexity index is 669. The van der Waals surface area contributed by atoms with Crippen molar-refractivity contribution in [3.63, 3.8) is 0 Å². The van der Waals surface area contributed by atoms with Gasteiger partial charge in [-0.2, -0.15) is 0 Å². The zero-order valence-corrected chi connectivity index (χ0v) is 17.6. The van der Waals surface area contributed by atoms with E-state index >= 15 is 0 Å². The number of aromatic nitrogens is 1. The van der Waals surface area contributed by atoms with Gasteiger partial charge in [-0.15, -0.1) is 24.0 Å². The molecule has 0 bridgehead atoms. The molecule has 0 aliphatic carbocycles. The van der Waals surface area contributed by atoms with E-state index in [-0.39, 0.29) is 29.9 Å². The zero-order valence-electron chi connectivity index (χ0n) is 15.3. The van der Waals surface area contributed by atoms with E-state index in [1.54, 1.807) is 19.1 Å². The molecular weight excluding hydrogens is 443 g/mol. The van der Waals surface area contributed by atoms with Crippen LogP contribution in [-0.4, -0.2) is 36.2 Å². The third-order valence-corrected chi connectivity index (χ3v) is 3.56. The molecule has 0 atom stereocenters. The van der Waals surface area contributed by atoms with E-state index in [1.165, 1.54) is 0 Å². The largest absolute Gasteiger partial charge is 0.462 e. The van der Waals surface area contributed by atoms with E-state index < -0.39 is 0 Å². The summed E-state index contributed by atoms with van der Waals surface area (Å²) in [6.45, 7) is 7.24. The van der Waals surface area contributed by atoms with Crippen LogP contribution in [0.15, 0.2) is 53.8 Å². The maximum atomic E-state index is 11.7. The molecule has 142 valence electrons. The van der Waals surface area contributed by atoms with E-state index in [9.17, 15) is 4.79 Å². The van der Waals surface area contributed by atoms with Gasteiger partial charge in [-0.05, 0) is 43.7 Å². The summed E-state index contributed by atoms with van der Waals surface area (Å²) >= 11 is 0. The maximum Gasteiger partial charge on any atom is 0.338 e. The molecule has 0 aliphatic rings. The Morgan fingerprint density at radius 2 is 1.81 bits per heavy atom. The molecule has 0 fully saturated rings. The average molecular weight is 470 g/mol. The molecule has 1 heterocycles. The molecule has 0 spiro atoms. The van der Waals surface area contributed by atoms with Gasteiger partial charge in [0, 0.05) is 32.0 Å². The van der Waals surface area contributed by atoms with Gasteiger partial charge in [-0.1, -0.05) is 12.1 Å². The van der Waals surface area contributed by atoms with Gasteiger partial charge in [0.05, 0.1) is 18.7 Å². The molecule has 0 radical (unpaired) electrons. The highest BCUT2D eigenvalue weighted by Gasteiger charge is 2.05. The number of nitrogens with zero attached hydrogens (tertiary/aromatic N) is 2. The normalized spacial score (nSPS) is 10.8. The molecule has 6 nitrogen and oxygen atoms in total. The standard InChI is InChI=1S/C19H26N4O2.HI/c1-3-20-19(21-11-14-23-12-5-6-13-23)22-15-16-7-9-17(10-8-16)18(24)25-4-2;/h5-10,12-13H,3-4,11,14-15H2,1-2H3,(H2,20,21,22);1H. The minimum absolute atomic E-state index is 0. The fraction of sp³-hybridized carbons (Fsp3) is 0.368. The number of aliphatic imine (C=N–C) groups is 1. The van der Waals surface area contributed by atoms with Gasteiger partial charge in [-0.25, -0.2) is 9.79 Å². The number of carbonyl (C=O) groups excluding carboxylic acids is 1. The van der Waals surface area contributed by atoms with Crippen LogP contribution in [0.3, 0.4) is 0 Å². The van der Waals surface area contributed by atoms with Crippen LogP contribution in [0.25, 0.3) is 0 Å². The summed E-state index contributed by atoms with van der Waals surface area (Å²) in [6, 6.07) is 11.4. The fourth-order valence-electron chi connectivity index (χ4n) is 2.30. The van der Waals surface area contributed by atoms with E-state index in [0.29, 0.717) is 18.7 Å². The Kier molecular flexibility index (Phi) is 10.5. The van der Waals surface area contributed by atoms with Crippen molar-refractivity contribution in [3.8, 4) is 0 Å². The molecule has 2 N–H and O–H groups in total. The Balaban J connectivity index is 0.00000338. The van der Waals surface area contributed by atoms with Gasteiger partial charge < -0.3 is 19.9 Å². The van der Waals surface area contributed by atoms with Gasteiger partial charge >= 0.3 is 5.97 Å². The Morgan fingerprint density at radius 1 is 1.12 bits per heavy atom. The molecule has 2 rings (SSSR count). The van der Waals surface area contributed by atoms with Crippen molar-refractivity contribution in [2.75, 3.05) is 19.7 Å². The molecule has 0 amide bonds. The van der Waals surface area contributed by atoms with Gasteiger partial charge in [0.15, 0.2) is 5.96 Å². The molecule has 7 heteroatoms. The molecule has 1 aromatic heterocycles. The van der Waals surface area contributed by atoms with Crippen molar-refractivity contribution >= 4 is 35.9 Å². The molecule has 2 aromatic rings. The number of benzene rings is 1. The third-order valence-electron chi connectivity index (χ3n) is 3.56. The van der Waals surface area contributed by atoms with Crippen LogP contribution in [-0.2, 0) is 17.8 Å². The molecular formula is C19H27IN4O2. The lowest BCUT2D eigenvalue weighted by Crippen LogP contribution is -2.38. The summed E-state index contributed by atoms with van der Waals surface area (Å²) < 4.78 is 7.10. The Morgan fingerprint density at radius 3 is 2.42 bits per heavy atom. The van der Waals surface area contributed by atoms with Gasteiger partial charge in [0.25, 0.3) is 0 Å². The van der Waals surface area contributed by atoms with Crippen LogP contribution in [0.4, 0.5) is 0 Å². The van der Waals surface area contributed by atoms with Gasteiger partial charge in [0.1, 0.15) is 0 Å².